The number of piperidine rings is 1. The molecule has 1 fully saturated rings. The van der Waals surface area contributed by atoms with Gasteiger partial charge < -0.3 is 4.90 Å². The molecule has 0 radical (unpaired) electrons. The monoisotopic (exact) mass is 299 g/mol. The Morgan fingerprint density at radius 1 is 1.32 bits per heavy atom. The van der Waals surface area contributed by atoms with Crippen molar-refractivity contribution in [1.29, 1.82) is 0 Å². The van der Waals surface area contributed by atoms with E-state index in [4.69, 9.17) is 0 Å². The normalized spacial score (nSPS) is 18.6. The summed E-state index contributed by atoms with van der Waals surface area (Å²) >= 11 is 0. The van der Waals surface area contributed by atoms with Crippen molar-refractivity contribution in [3.05, 3.63) is 40.8 Å². The summed E-state index contributed by atoms with van der Waals surface area (Å²) < 4.78 is 1.53. The molecule has 1 saturated heterocycles. The van der Waals surface area contributed by atoms with Crippen LogP contribution in [0, 0.1) is 0 Å². The fourth-order valence-electron chi connectivity index (χ4n) is 3.26. The van der Waals surface area contributed by atoms with E-state index in [0.29, 0.717) is 11.6 Å². The lowest BCUT2D eigenvalue weighted by atomic mass is 10.00. The SMILES string of the molecule is CCC1CCCCN1C(=O)Cn1c(=O)cnc2ccccc21. The van der Waals surface area contributed by atoms with Crippen molar-refractivity contribution in [1.82, 2.24) is 14.5 Å². The van der Waals surface area contributed by atoms with Gasteiger partial charge in [0.2, 0.25) is 5.91 Å². The minimum absolute atomic E-state index is 0.0324. The summed E-state index contributed by atoms with van der Waals surface area (Å²) in [7, 11) is 0. The van der Waals surface area contributed by atoms with Crippen LogP contribution in [0.3, 0.4) is 0 Å². The first-order valence-corrected chi connectivity index (χ1v) is 7.94. The molecule has 22 heavy (non-hydrogen) atoms. The van der Waals surface area contributed by atoms with E-state index in [9.17, 15) is 9.59 Å². The van der Waals surface area contributed by atoms with Crippen molar-refractivity contribution < 1.29 is 4.79 Å². The van der Waals surface area contributed by atoms with Crippen LogP contribution < -0.4 is 5.56 Å². The number of hydrogen-bond acceptors (Lipinski definition) is 3. The molecule has 1 aromatic carbocycles. The lowest BCUT2D eigenvalue weighted by molar-refractivity contribution is -0.135. The average molecular weight is 299 g/mol. The molecule has 1 amide bonds. The molecule has 1 aromatic heterocycles. The Kier molecular flexibility index (Phi) is 4.22. The van der Waals surface area contributed by atoms with E-state index in [-0.39, 0.29) is 18.0 Å². The fraction of sp³-hybridized carbons (Fsp3) is 0.471. The van der Waals surface area contributed by atoms with Crippen LogP contribution in [0.1, 0.15) is 32.6 Å². The summed E-state index contributed by atoms with van der Waals surface area (Å²) in [6.45, 7) is 3.01. The van der Waals surface area contributed by atoms with Gasteiger partial charge in [-0.05, 0) is 37.8 Å². The van der Waals surface area contributed by atoms with Crippen LogP contribution in [0.5, 0.6) is 0 Å². The van der Waals surface area contributed by atoms with Crippen molar-refractivity contribution in [2.75, 3.05) is 6.54 Å². The Morgan fingerprint density at radius 2 is 2.14 bits per heavy atom. The maximum atomic E-state index is 12.7. The van der Waals surface area contributed by atoms with Gasteiger partial charge in [0.05, 0.1) is 17.2 Å². The minimum atomic E-state index is -0.225. The third-order valence-corrected chi connectivity index (χ3v) is 4.46. The smallest absolute Gasteiger partial charge is 0.269 e. The Labute approximate surface area is 129 Å². The second kappa shape index (κ2) is 6.30. The largest absolute Gasteiger partial charge is 0.338 e. The van der Waals surface area contributed by atoms with Crippen molar-refractivity contribution in [2.45, 2.75) is 45.2 Å². The lowest BCUT2D eigenvalue weighted by Gasteiger charge is -2.35. The maximum Gasteiger partial charge on any atom is 0.269 e. The molecule has 2 aromatic rings. The van der Waals surface area contributed by atoms with E-state index in [1.807, 2.05) is 29.2 Å². The van der Waals surface area contributed by atoms with Gasteiger partial charge >= 0.3 is 0 Å². The number of benzene rings is 1. The molecule has 0 N–H and O–H groups in total. The number of carbonyl (C=O) groups is 1. The lowest BCUT2D eigenvalue weighted by Crippen LogP contribution is -2.45. The van der Waals surface area contributed by atoms with E-state index in [1.165, 1.54) is 17.2 Å². The van der Waals surface area contributed by atoms with Crippen molar-refractivity contribution in [2.24, 2.45) is 0 Å². The van der Waals surface area contributed by atoms with Gasteiger partial charge in [0.25, 0.3) is 5.56 Å². The zero-order valence-electron chi connectivity index (χ0n) is 12.9. The number of hydrogen-bond donors (Lipinski definition) is 0. The first-order valence-electron chi connectivity index (χ1n) is 7.94. The highest BCUT2D eigenvalue weighted by molar-refractivity contribution is 5.80. The molecule has 0 bridgehead atoms. The number of likely N-dealkylation sites (tertiary alicyclic amines) is 1. The van der Waals surface area contributed by atoms with Crippen LogP contribution in [0.25, 0.3) is 11.0 Å². The molecule has 3 rings (SSSR count). The fourth-order valence-corrected chi connectivity index (χ4v) is 3.26. The van der Waals surface area contributed by atoms with Crippen LogP contribution in [0.2, 0.25) is 0 Å². The third kappa shape index (κ3) is 2.75. The van der Waals surface area contributed by atoms with Gasteiger partial charge in [0.1, 0.15) is 6.54 Å². The molecule has 1 aliphatic rings. The summed E-state index contributed by atoms with van der Waals surface area (Å²) in [5, 5.41) is 0. The third-order valence-electron chi connectivity index (χ3n) is 4.46. The predicted octanol–water partition coefficient (Wildman–Crippen LogP) is 2.19. The first kappa shape index (κ1) is 14.8. The van der Waals surface area contributed by atoms with Gasteiger partial charge in [-0.2, -0.15) is 0 Å². The van der Waals surface area contributed by atoms with Gasteiger partial charge in [0, 0.05) is 12.6 Å². The molecule has 1 atom stereocenters. The quantitative estimate of drug-likeness (QED) is 0.873. The highest BCUT2D eigenvalue weighted by Gasteiger charge is 2.25. The Balaban J connectivity index is 1.91. The number of fused-ring (bicyclic) bond motifs is 1. The topological polar surface area (TPSA) is 55.2 Å². The second-order valence-corrected chi connectivity index (χ2v) is 5.82. The van der Waals surface area contributed by atoms with E-state index >= 15 is 0 Å². The van der Waals surface area contributed by atoms with Crippen LogP contribution in [0.4, 0.5) is 0 Å². The van der Waals surface area contributed by atoms with Gasteiger partial charge in [0.15, 0.2) is 0 Å². The summed E-state index contributed by atoms with van der Waals surface area (Å²) in [6, 6.07) is 7.74. The predicted molar refractivity (Wildman–Crippen MR) is 85.6 cm³/mol. The Hall–Kier alpha value is -2.17. The van der Waals surface area contributed by atoms with Crippen molar-refractivity contribution in [3.63, 3.8) is 0 Å². The van der Waals surface area contributed by atoms with E-state index in [0.717, 1.165) is 31.3 Å². The van der Waals surface area contributed by atoms with E-state index in [1.54, 1.807) is 0 Å². The summed E-state index contributed by atoms with van der Waals surface area (Å²) in [5.74, 6) is 0.0324. The number of aromatic nitrogens is 2. The van der Waals surface area contributed by atoms with Gasteiger partial charge in [-0.3, -0.25) is 14.2 Å². The number of carbonyl (C=O) groups excluding carboxylic acids is 1. The minimum Gasteiger partial charge on any atom is -0.338 e. The molecule has 116 valence electrons. The van der Waals surface area contributed by atoms with Gasteiger partial charge in [-0.25, -0.2) is 4.98 Å². The zero-order chi connectivity index (χ0) is 15.5. The highest BCUT2D eigenvalue weighted by Crippen LogP contribution is 2.20. The van der Waals surface area contributed by atoms with Crippen molar-refractivity contribution >= 4 is 16.9 Å². The molecule has 5 nitrogen and oxygen atoms in total. The number of rotatable bonds is 3. The first-order chi connectivity index (χ1) is 10.7. The molecule has 1 aliphatic heterocycles. The van der Waals surface area contributed by atoms with E-state index in [2.05, 4.69) is 11.9 Å². The molecular formula is C17H21N3O2. The Bertz CT molecular complexity index is 738. The highest BCUT2D eigenvalue weighted by atomic mass is 16.2. The number of amides is 1. The van der Waals surface area contributed by atoms with Crippen LogP contribution in [-0.4, -0.2) is 32.9 Å². The maximum absolute atomic E-state index is 12.7. The van der Waals surface area contributed by atoms with Crippen LogP contribution in [-0.2, 0) is 11.3 Å². The average Bonchev–Trinajstić information content (AvgIpc) is 2.57. The zero-order valence-corrected chi connectivity index (χ0v) is 12.9. The van der Waals surface area contributed by atoms with Gasteiger partial charge in [-0.1, -0.05) is 19.1 Å². The summed E-state index contributed by atoms with van der Waals surface area (Å²) in [6.07, 6.45) is 5.56. The Morgan fingerprint density at radius 3 is 2.95 bits per heavy atom. The van der Waals surface area contributed by atoms with Gasteiger partial charge in [-0.15, -0.1) is 0 Å². The molecule has 1 unspecified atom stereocenters. The molecule has 2 heterocycles. The molecule has 0 spiro atoms. The molecular weight excluding hydrogens is 278 g/mol. The summed E-state index contributed by atoms with van der Waals surface area (Å²) in [4.78, 5) is 30.9. The van der Waals surface area contributed by atoms with Crippen LogP contribution in [0.15, 0.2) is 35.3 Å². The standard InChI is InChI=1S/C17H21N3O2/c1-2-13-7-5-6-10-19(13)17(22)12-20-15-9-4-3-8-14(15)18-11-16(20)21/h3-4,8-9,11,13H,2,5-7,10,12H2,1H3. The molecule has 0 aliphatic carbocycles. The van der Waals surface area contributed by atoms with Crippen molar-refractivity contribution in [3.8, 4) is 0 Å². The molecule has 5 heteroatoms. The number of nitrogens with zero attached hydrogens (tertiary/aromatic N) is 3. The number of para-hydroxylation sites is 2. The molecule has 0 saturated carbocycles. The van der Waals surface area contributed by atoms with E-state index < -0.39 is 0 Å². The summed E-state index contributed by atoms with van der Waals surface area (Å²) in [5.41, 5.74) is 1.23. The van der Waals surface area contributed by atoms with Crippen LogP contribution >= 0.6 is 0 Å². The second-order valence-electron chi connectivity index (χ2n) is 5.82.